The van der Waals surface area contributed by atoms with Crippen LogP contribution in [0.2, 0.25) is 0 Å². The fourth-order valence-electron chi connectivity index (χ4n) is 3.43. The van der Waals surface area contributed by atoms with Gasteiger partial charge in [0.25, 0.3) is 0 Å². The van der Waals surface area contributed by atoms with E-state index in [2.05, 4.69) is 10.00 Å². The molecule has 1 saturated heterocycles. The van der Waals surface area contributed by atoms with Gasteiger partial charge in [0, 0.05) is 0 Å². The molecule has 0 amide bonds. The molecule has 0 spiro atoms. The van der Waals surface area contributed by atoms with Gasteiger partial charge in [-0.05, 0) is 0 Å². The van der Waals surface area contributed by atoms with Gasteiger partial charge in [-0.15, -0.1) is 0 Å². The molecule has 3 heterocycles. The van der Waals surface area contributed by atoms with Crippen LogP contribution >= 0.6 is 0 Å². The van der Waals surface area contributed by atoms with Crippen molar-refractivity contribution >= 4 is 42.7 Å². The summed E-state index contributed by atoms with van der Waals surface area (Å²) in [6.45, 7) is 6.63. The van der Waals surface area contributed by atoms with Crippen molar-refractivity contribution in [3.63, 3.8) is 0 Å². The molecule has 28 heavy (non-hydrogen) atoms. The fraction of sp³-hybridized carbons (Fsp3) is 0.421. The maximum atomic E-state index is 12.7. The zero-order valence-corrected chi connectivity index (χ0v) is 20.7. The average Bonchev–Trinajstić information content (AvgIpc) is 3.02. The number of hydrogen-bond donors (Lipinski definition) is 0. The Morgan fingerprint density at radius 3 is 2.68 bits per heavy atom. The van der Waals surface area contributed by atoms with Crippen LogP contribution in [0.4, 0.5) is 5.69 Å². The Morgan fingerprint density at radius 2 is 1.96 bits per heavy atom. The van der Waals surface area contributed by atoms with Crippen molar-refractivity contribution in [1.29, 1.82) is 0 Å². The van der Waals surface area contributed by atoms with E-state index >= 15 is 0 Å². The molecule has 144 valence electrons. The van der Waals surface area contributed by atoms with Crippen molar-refractivity contribution in [3.8, 4) is 17.1 Å². The Kier molecular flexibility index (Phi) is 5.41. The number of benzene rings is 1. The summed E-state index contributed by atoms with van der Waals surface area (Å²) in [5.41, 5.74) is 2.98. The molecule has 4 rings (SSSR count). The van der Waals surface area contributed by atoms with Gasteiger partial charge in [-0.1, -0.05) is 0 Å². The number of morpholine rings is 1. The van der Waals surface area contributed by atoms with Gasteiger partial charge in [-0.25, -0.2) is 0 Å². The molecule has 3 aromatic rings. The summed E-state index contributed by atoms with van der Waals surface area (Å²) in [6.07, 6.45) is 0.0512. The molecule has 0 bridgehead atoms. The molecule has 1 aliphatic heterocycles. The van der Waals surface area contributed by atoms with Crippen molar-refractivity contribution in [1.82, 2.24) is 17.4 Å². The van der Waals surface area contributed by atoms with Crippen molar-refractivity contribution in [2.45, 2.75) is 20.0 Å². The summed E-state index contributed by atoms with van der Waals surface area (Å²) in [5, 5.41) is 10.2. The normalized spacial score (nSPS) is 14.8. The first kappa shape index (κ1) is 19.4. The van der Waals surface area contributed by atoms with Crippen LogP contribution in [0, 0.1) is 0 Å². The number of aromatic nitrogens is 4. The van der Waals surface area contributed by atoms with Gasteiger partial charge in [-0.2, -0.15) is 0 Å². The fourth-order valence-corrected chi connectivity index (χ4v) is 4.72. The topological polar surface area (TPSA) is 74.4 Å². The molecule has 1 fully saturated rings. The zero-order valence-electron chi connectivity index (χ0n) is 16.3. The summed E-state index contributed by atoms with van der Waals surface area (Å²) >= 11 is 0.502. The molecular formula is C19H22N5O3Tl. The molecule has 0 N–H and O–H groups in total. The first-order valence-electron chi connectivity index (χ1n) is 9.30. The molecule has 0 atom stereocenters. The Morgan fingerprint density at radius 1 is 1.21 bits per heavy atom. The summed E-state index contributed by atoms with van der Waals surface area (Å²) in [7, 11) is 1.68. The molecule has 1 aromatic carbocycles. The second-order valence-corrected chi connectivity index (χ2v) is 8.95. The molecule has 8 nitrogen and oxygen atoms in total. The Bertz CT molecular complexity index is 1070. The van der Waals surface area contributed by atoms with E-state index < -0.39 is 0 Å². The van der Waals surface area contributed by atoms with Gasteiger partial charge >= 0.3 is 179 Å². The first-order valence-corrected chi connectivity index (χ1v) is 11.3. The van der Waals surface area contributed by atoms with Gasteiger partial charge < -0.3 is 0 Å². The second-order valence-electron chi connectivity index (χ2n) is 7.05. The molecule has 2 aromatic heterocycles. The number of anilines is 1. The second kappa shape index (κ2) is 7.82. The summed E-state index contributed by atoms with van der Waals surface area (Å²) in [5.74, 6) is 0.790. The minimum atomic E-state index is -0.110. The van der Waals surface area contributed by atoms with Crippen molar-refractivity contribution in [2.75, 3.05) is 31.2 Å². The number of rotatable bonds is 4. The van der Waals surface area contributed by atoms with Crippen molar-refractivity contribution in [2.24, 2.45) is 7.05 Å². The summed E-state index contributed by atoms with van der Waals surface area (Å²) in [4.78, 5) is 14.8. The monoisotopic (exact) mass is 573 g/mol. The zero-order chi connectivity index (χ0) is 19.8. The standard InChI is InChI=1S/C19H22N5O3.Tl/c1-12(2)27-16-6-4-5-13-17(16)18(21-20-13)14-11-15(19(25)23(3)22-14)24-7-9-26-10-8-24;/h4-6,11-12H,7-10H2,1-3H3;/q-1;+1. The third-order valence-electron chi connectivity index (χ3n) is 4.70. The van der Waals surface area contributed by atoms with Crippen LogP contribution in [0.15, 0.2) is 29.1 Å². The van der Waals surface area contributed by atoms with Gasteiger partial charge in [0.05, 0.1) is 0 Å². The van der Waals surface area contributed by atoms with Crippen LogP contribution < -0.4 is 15.2 Å². The quantitative estimate of drug-likeness (QED) is 0.440. The van der Waals surface area contributed by atoms with E-state index in [-0.39, 0.29) is 11.7 Å². The summed E-state index contributed by atoms with van der Waals surface area (Å²) in [6, 6.07) is 7.84. The van der Waals surface area contributed by atoms with Crippen molar-refractivity contribution in [3.05, 3.63) is 34.6 Å². The van der Waals surface area contributed by atoms with E-state index in [1.165, 1.54) is 4.68 Å². The maximum absolute atomic E-state index is 12.7. The van der Waals surface area contributed by atoms with E-state index in [1.807, 2.05) is 40.6 Å². The minimum absolute atomic E-state index is 0.0512. The molecule has 0 unspecified atom stereocenters. The van der Waals surface area contributed by atoms with Crippen LogP contribution in [0.1, 0.15) is 13.8 Å². The van der Waals surface area contributed by atoms with Gasteiger partial charge in [0.2, 0.25) is 0 Å². The molecular weight excluding hydrogens is 551 g/mol. The number of hydrogen-bond acceptors (Lipinski definition) is 6. The van der Waals surface area contributed by atoms with E-state index in [0.29, 0.717) is 63.8 Å². The molecule has 0 radical (unpaired) electrons. The molecule has 0 aliphatic carbocycles. The van der Waals surface area contributed by atoms with Gasteiger partial charge in [0.1, 0.15) is 0 Å². The number of ether oxygens (including phenoxy) is 2. The number of nitrogens with zero attached hydrogens (tertiary/aromatic N) is 5. The van der Waals surface area contributed by atoms with Crippen LogP contribution in [-0.4, -0.2) is 75.8 Å². The number of fused-ring (bicyclic) bond motifs is 1. The Labute approximate surface area is 179 Å². The van der Waals surface area contributed by atoms with Crippen molar-refractivity contribution < 1.29 is 9.47 Å². The third-order valence-corrected chi connectivity index (χ3v) is 6.23. The van der Waals surface area contributed by atoms with Crippen LogP contribution in [0.25, 0.3) is 22.3 Å². The SMILES string of the molecule is CC(C)Oc1cccc2c1c(-c1cc(N3CCOCC3)c(=O)n(C)n1)n[n]2[Tl]. The van der Waals surface area contributed by atoms with Crippen LogP contribution in [0.3, 0.4) is 0 Å². The predicted molar refractivity (Wildman–Crippen MR) is 108 cm³/mol. The Hall–Kier alpha value is -1.95. The van der Waals surface area contributed by atoms with Crippen LogP contribution in [-0.2, 0) is 11.8 Å². The molecule has 0 saturated carbocycles. The molecule has 1 aliphatic rings. The van der Waals surface area contributed by atoms with Gasteiger partial charge in [0.15, 0.2) is 0 Å². The summed E-state index contributed by atoms with van der Waals surface area (Å²) < 4.78 is 14.9. The predicted octanol–water partition coefficient (Wildman–Crippen LogP) is 1.35. The average molecular weight is 573 g/mol. The van der Waals surface area contributed by atoms with E-state index in [9.17, 15) is 4.79 Å². The van der Waals surface area contributed by atoms with E-state index in [1.54, 1.807) is 7.05 Å². The number of aryl methyl sites for hydroxylation is 1. The first-order chi connectivity index (χ1) is 13.5. The Balaban J connectivity index is 1.90. The molecule has 9 heteroatoms. The third kappa shape index (κ3) is 3.54. The van der Waals surface area contributed by atoms with Crippen LogP contribution in [0.5, 0.6) is 5.75 Å². The van der Waals surface area contributed by atoms with Gasteiger partial charge in [-0.3, -0.25) is 0 Å². The van der Waals surface area contributed by atoms with E-state index in [0.717, 1.165) is 22.3 Å². The van der Waals surface area contributed by atoms with E-state index in [4.69, 9.17) is 14.6 Å².